The highest BCUT2D eigenvalue weighted by Gasteiger charge is 2.18. The quantitative estimate of drug-likeness (QED) is 0.115. The number of para-hydroxylation sites is 1. The van der Waals surface area contributed by atoms with Crippen molar-refractivity contribution in [3.8, 4) is 0 Å². The third-order valence-corrected chi connectivity index (χ3v) is 4.54. The predicted octanol–water partition coefficient (Wildman–Crippen LogP) is 5.46. The van der Waals surface area contributed by atoms with Gasteiger partial charge in [-0.05, 0) is 37.3 Å². The fourth-order valence-corrected chi connectivity index (χ4v) is 2.87. The van der Waals surface area contributed by atoms with Gasteiger partial charge in [-0.25, -0.2) is 4.79 Å². The van der Waals surface area contributed by atoms with Crippen LogP contribution in [0.5, 0.6) is 0 Å². The maximum absolute atomic E-state index is 12.1. The van der Waals surface area contributed by atoms with Crippen molar-refractivity contribution in [3.05, 3.63) is 75.1 Å². The fraction of sp³-hybridized carbons (Fsp3) is 0.167. The van der Waals surface area contributed by atoms with Gasteiger partial charge in [0.15, 0.2) is 5.69 Å². The first kappa shape index (κ1) is 21.4. The van der Waals surface area contributed by atoms with E-state index in [0.717, 1.165) is 4.90 Å². The zero-order valence-corrected chi connectivity index (χ0v) is 16.3. The van der Waals surface area contributed by atoms with Gasteiger partial charge in [0, 0.05) is 16.0 Å². The van der Waals surface area contributed by atoms with Crippen molar-refractivity contribution in [1.29, 1.82) is 0 Å². The van der Waals surface area contributed by atoms with Crippen molar-refractivity contribution in [2.24, 2.45) is 10.2 Å². The van der Waals surface area contributed by atoms with E-state index in [0.29, 0.717) is 5.02 Å². The number of azo groups is 1. The number of ether oxygens (including phenoxy) is 1. The minimum Gasteiger partial charge on any atom is -0.509 e. The number of halogens is 1. The van der Waals surface area contributed by atoms with Crippen molar-refractivity contribution in [2.45, 2.75) is 11.8 Å². The van der Waals surface area contributed by atoms with Crippen LogP contribution in [0.15, 0.2) is 75.1 Å². The number of aliphatic hydroxyl groups is 1. The summed E-state index contributed by atoms with van der Waals surface area (Å²) in [5.41, 5.74) is -0.738. The van der Waals surface area contributed by atoms with E-state index in [1.807, 2.05) is 0 Å². The molecule has 2 aromatic rings. The second-order valence-corrected chi connectivity index (χ2v) is 6.69. The zero-order chi connectivity index (χ0) is 20.5. The number of hydrogen-bond acceptors (Lipinski definition) is 8. The van der Waals surface area contributed by atoms with Gasteiger partial charge in [-0.1, -0.05) is 23.7 Å². The molecule has 28 heavy (non-hydrogen) atoms. The van der Waals surface area contributed by atoms with Crippen molar-refractivity contribution >= 4 is 40.7 Å². The molecule has 2 aromatic carbocycles. The number of nitro groups is 1. The molecule has 0 saturated carbocycles. The lowest BCUT2D eigenvalue weighted by Gasteiger charge is -2.06. The second kappa shape index (κ2) is 10.4. The number of nitro benzene ring substituents is 1. The van der Waals surface area contributed by atoms with Crippen LogP contribution >= 0.6 is 23.4 Å². The van der Waals surface area contributed by atoms with Crippen LogP contribution in [-0.4, -0.2) is 28.4 Å². The Bertz CT molecular complexity index is 916. The summed E-state index contributed by atoms with van der Waals surface area (Å²) in [5.74, 6) is -1.22. The molecule has 10 heteroatoms. The first-order chi connectivity index (χ1) is 13.4. The van der Waals surface area contributed by atoms with Crippen molar-refractivity contribution in [3.63, 3.8) is 0 Å². The summed E-state index contributed by atoms with van der Waals surface area (Å²) < 4.78 is 4.89. The van der Waals surface area contributed by atoms with Gasteiger partial charge < -0.3 is 9.84 Å². The molecule has 0 aromatic heterocycles. The number of benzene rings is 2. The average molecular weight is 422 g/mol. The Hall–Kier alpha value is -2.91. The van der Waals surface area contributed by atoms with E-state index >= 15 is 0 Å². The van der Waals surface area contributed by atoms with Crippen LogP contribution in [0.4, 0.5) is 11.4 Å². The molecule has 146 valence electrons. The molecular weight excluding hydrogens is 406 g/mol. The first-order valence-electron chi connectivity index (χ1n) is 8.05. The maximum atomic E-state index is 12.1. The Kier molecular flexibility index (Phi) is 7.97. The van der Waals surface area contributed by atoms with E-state index in [-0.39, 0.29) is 29.5 Å². The van der Waals surface area contributed by atoms with E-state index in [1.54, 1.807) is 37.3 Å². The first-order valence-corrected chi connectivity index (χ1v) is 9.41. The van der Waals surface area contributed by atoms with Crippen LogP contribution in [-0.2, 0) is 9.53 Å². The molecule has 0 aliphatic carbocycles. The molecule has 0 atom stereocenters. The van der Waals surface area contributed by atoms with E-state index in [2.05, 4.69) is 10.2 Å². The van der Waals surface area contributed by atoms with Crippen LogP contribution in [0.25, 0.3) is 0 Å². The SMILES string of the molecule is CCOC(=O)/C(N=Nc1ccccc1[N+](=O)[O-])=C(\O)CSc1ccc(Cl)cc1. The summed E-state index contributed by atoms with van der Waals surface area (Å²) in [6.07, 6.45) is 0. The van der Waals surface area contributed by atoms with Gasteiger partial charge in [0.25, 0.3) is 5.69 Å². The molecule has 0 unspecified atom stereocenters. The molecule has 0 aliphatic heterocycles. The third-order valence-electron chi connectivity index (χ3n) is 3.27. The molecule has 0 aliphatic rings. The van der Waals surface area contributed by atoms with E-state index in [9.17, 15) is 20.0 Å². The zero-order valence-electron chi connectivity index (χ0n) is 14.7. The van der Waals surface area contributed by atoms with Gasteiger partial charge in [-0.2, -0.15) is 0 Å². The lowest BCUT2D eigenvalue weighted by atomic mass is 10.3. The molecule has 2 rings (SSSR count). The van der Waals surface area contributed by atoms with Crippen molar-refractivity contribution in [1.82, 2.24) is 0 Å². The number of rotatable bonds is 8. The summed E-state index contributed by atoms with van der Waals surface area (Å²) in [6, 6.07) is 12.6. The van der Waals surface area contributed by atoms with Crippen molar-refractivity contribution in [2.75, 3.05) is 12.4 Å². The van der Waals surface area contributed by atoms with Crippen LogP contribution in [0, 0.1) is 10.1 Å². The Morgan fingerprint density at radius 1 is 1.25 bits per heavy atom. The summed E-state index contributed by atoms with van der Waals surface area (Å²) in [6.45, 7) is 1.68. The number of thioether (sulfide) groups is 1. The predicted molar refractivity (Wildman–Crippen MR) is 106 cm³/mol. The highest BCUT2D eigenvalue weighted by Crippen LogP contribution is 2.28. The molecule has 0 amide bonds. The number of carbonyl (C=O) groups excluding carboxylic acids is 1. The Morgan fingerprint density at radius 2 is 1.93 bits per heavy atom. The highest BCUT2D eigenvalue weighted by atomic mass is 35.5. The maximum Gasteiger partial charge on any atom is 0.362 e. The van der Waals surface area contributed by atoms with E-state index in [1.165, 1.54) is 30.0 Å². The standard InChI is InChI=1S/C18H16ClN3O5S/c1-2-27-18(24)17(16(23)11-28-13-9-7-12(19)8-10-13)21-20-14-5-3-4-6-15(14)22(25)26/h3-10,23H,2,11H2,1H3/b17-16+,21-20?. The number of hydrogen-bond donors (Lipinski definition) is 1. The lowest BCUT2D eigenvalue weighted by Crippen LogP contribution is -2.09. The van der Waals surface area contributed by atoms with Gasteiger partial charge in [-0.15, -0.1) is 22.0 Å². The number of carbonyl (C=O) groups is 1. The molecular formula is C18H16ClN3O5S. The Labute approximate surface area is 170 Å². The van der Waals surface area contributed by atoms with Crippen molar-refractivity contribution < 1.29 is 19.6 Å². The Morgan fingerprint density at radius 3 is 2.57 bits per heavy atom. The summed E-state index contributed by atoms with van der Waals surface area (Å²) in [7, 11) is 0. The second-order valence-electron chi connectivity index (χ2n) is 5.20. The molecule has 1 N–H and O–H groups in total. The van der Waals surface area contributed by atoms with E-state index in [4.69, 9.17) is 16.3 Å². The van der Waals surface area contributed by atoms with Gasteiger partial charge in [0.2, 0.25) is 5.70 Å². The van der Waals surface area contributed by atoms with E-state index < -0.39 is 16.6 Å². The lowest BCUT2D eigenvalue weighted by molar-refractivity contribution is -0.384. The van der Waals surface area contributed by atoms with Crippen LogP contribution in [0.1, 0.15) is 6.92 Å². The molecule has 0 bridgehead atoms. The monoisotopic (exact) mass is 421 g/mol. The van der Waals surface area contributed by atoms with Gasteiger partial charge in [-0.3, -0.25) is 10.1 Å². The smallest absolute Gasteiger partial charge is 0.362 e. The number of nitrogens with zero attached hydrogens (tertiary/aromatic N) is 3. The van der Waals surface area contributed by atoms with Crippen LogP contribution < -0.4 is 0 Å². The average Bonchev–Trinajstić information content (AvgIpc) is 2.68. The van der Waals surface area contributed by atoms with Crippen LogP contribution in [0.2, 0.25) is 5.02 Å². The molecule has 0 fully saturated rings. The summed E-state index contributed by atoms with van der Waals surface area (Å²) in [4.78, 5) is 23.4. The number of esters is 1. The largest absolute Gasteiger partial charge is 0.509 e. The van der Waals surface area contributed by atoms with Gasteiger partial charge in [0.1, 0.15) is 5.76 Å². The fourth-order valence-electron chi connectivity index (χ4n) is 1.97. The molecule has 0 radical (unpaired) electrons. The Balaban J connectivity index is 2.27. The molecule has 8 nitrogen and oxygen atoms in total. The topological polar surface area (TPSA) is 114 Å². The van der Waals surface area contributed by atoms with Crippen LogP contribution in [0.3, 0.4) is 0 Å². The minimum absolute atomic E-state index is 0.0195. The third kappa shape index (κ3) is 6.07. The number of aliphatic hydroxyl groups excluding tert-OH is 1. The van der Waals surface area contributed by atoms with Gasteiger partial charge >= 0.3 is 5.97 Å². The molecule has 0 spiro atoms. The highest BCUT2D eigenvalue weighted by molar-refractivity contribution is 7.99. The minimum atomic E-state index is -0.876. The summed E-state index contributed by atoms with van der Waals surface area (Å²) in [5, 5.41) is 29.4. The molecule has 0 heterocycles. The molecule has 0 saturated heterocycles. The van der Waals surface area contributed by atoms with Gasteiger partial charge in [0.05, 0.1) is 17.3 Å². The normalized spacial score (nSPS) is 11.9. The summed E-state index contributed by atoms with van der Waals surface area (Å²) >= 11 is 7.08.